The third kappa shape index (κ3) is 4.10. The molecule has 27 heavy (non-hydrogen) atoms. The lowest BCUT2D eigenvalue weighted by Gasteiger charge is -2.44. The molecule has 3 aliphatic rings. The van der Waals surface area contributed by atoms with Gasteiger partial charge in [0.25, 0.3) is 5.91 Å². The van der Waals surface area contributed by atoms with Gasteiger partial charge in [-0.15, -0.1) is 13.2 Å². The molecule has 1 unspecified atom stereocenters. The fourth-order valence-electron chi connectivity index (χ4n) is 3.83. The van der Waals surface area contributed by atoms with Crippen molar-refractivity contribution in [2.24, 2.45) is 5.92 Å². The van der Waals surface area contributed by atoms with E-state index in [9.17, 15) is 18.0 Å². The summed E-state index contributed by atoms with van der Waals surface area (Å²) < 4.78 is 46.6. The van der Waals surface area contributed by atoms with Gasteiger partial charge in [-0.1, -0.05) is 12.1 Å². The van der Waals surface area contributed by atoms with Gasteiger partial charge in [-0.3, -0.25) is 4.79 Å². The summed E-state index contributed by atoms with van der Waals surface area (Å²) in [6, 6.07) is 8.67. The van der Waals surface area contributed by atoms with Crippen LogP contribution in [0.15, 0.2) is 40.8 Å². The lowest BCUT2D eigenvalue weighted by molar-refractivity contribution is -0.274. The number of amides is 1. The van der Waals surface area contributed by atoms with Gasteiger partial charge < -0.3 is 19.4 Å². The number of nitrogens with zero attached hydrogens (tertiary/aromatic N) is 1. The summed E-state index contributed by atoms with van der Waals surface area (Å²) in [5.41, 5.74) is 0.402. The van der Waals surface area contributed by atoms with Crippen LogP contribution < -0.4 is 10.1 Å². The maximum Gasteiger partial charge on any atom is 0.573 e. The first-order chi connectivity index (χ1) is 12.9. The Labute approximate surface area is 154 Å². The van der Waals surface area contributed by atoms with Gasteiger partial charge in [0.1, 0.15) is 11.5 Å². The first kappa shape index (κ1) is 17.9. The second-order valence-electron chi connectivity index (χ2n) is 6.96. The third-order valence-electron chi connectivity index (χ3n) is 5.15. The largest absolute Gasteiger partial charge is 0.573 e. The Balaban J connectivity index is 1.45. The van der Waals surface area contributed by atoms with E-state index in [0.29, 0.717) is 17.2 Å². The van der Waals surface area contributed by atoms with Crippen LogP contribution in [0.25, 0.3) is 11.3 Å². The van der Waals surface area contributed by atoms with Crippen LogP contribution in [0.5, 0.6) is 5.75 Å². The van der Waals surface area contributed by atoms with Crippen LogP contribution in [-0.2, 0) is 0 Å². The van der Waals surface area contributed by atoms with Crippen molar-refractivity contribution in [3.8, 4) is 17.1 Å². The SMILES string of the molecule is O=C(NC1CN2CCC1CC2)c1ccc(-c2cccc(OC(F)(F)F)c2)o1. The number of hydrogen-bond acceptors (Lipinski definition) is 4. The molecule has 0 radical (unpaired) electrons. The number of piperidine rings is 3. The summed E-state index contributed by atoms with van der Waals surface area (Å²) in [6.07, 6.45) is -2.59. The zero-order valence-corrected chi connectivity index (χ0v) is 14.5. The summed E-state index contributed by atoms with van der Waals surface area (Å²) in [6.45, 7) is 3.01. The Morgan fingerprint density at radius 1 is 1.19 bits per heavy atom. The van der Waals surface area contributed by atoms with Gasteiger partial charge >= 0.3 is 6.36 Å². The molecular weight excluding hydrogens is 361 g/mol. The fourth-order valence-corrected chi connectivity index (χ4v) is 3.83. The average molecular weight is 380 g/mol. The van der Waals surface area contributed by atoms with Crippen molar-refractivity contribution in [3.63, 3.8) is 0 Å². The summed E-state index contributed by atoms with van der Waals surface area (Å²) in [4.78, 5) is 14.8. The number of ether oxygens (including phenoxy) is 1. The van der Waals surface area contributed by atoms with E-state index in [-0.39, 0.29) is 23.5 Å². The number of nitrogens with one attached hydrogen (secondary N) is 1. The quantitative estimate of drug-likeness (QED) is 0.880. The molecule has 0 aliphatic carbocycles. The minimum Gasteiger partial charge on any atom is -0.451 e. The number of carbonyl (C=O) groups is 1. The van der Waals surface area contributed by atoms with Crippen LogP contribution in [0.1, 0.15) is 23.4 Å². The number of halogens is 3. The number of rotatable bonds is 4. The highest BCUT2D eigenvalue weighted by Crippen LogP contribution is 2.30. The smallest absolute Gasteiger partial charge is 0.451 e. The predicted octanol–water partition coefficient (Wildman–Crippen LogP) is 3.67. The summed E-state index contributed by atoms with van der Waals surface area (Å²) in [7, 11) is 0. The average Bonchev–Trinajstić information content (AvgIpc) is 3.12. The minimum atomic E-state index is -4.76. The van der Waals surface area contributed by atoms with E-state index in [1.165, 1.54) is 24.3 Å². The van der Waals surface area contributed by atoms with Gasteiger partial charge in [0.05, 0.1) is 0 Å². The second-order valence-corrected chi connectivity index (χ2v) is 6.96. The fraction of sp³-hybridized carbons (Fsp3) is 0.421. The highest BCUT2D eigenvalue weighted by Gasteiger charge is 2.35. The number of benzene rings is 1. The Morgan fingerprint density at radius 2 is 1.96 bits per heavy atom. The molecule has 1 amide bonds. The molecule has 3 aliphatic heterocycles. The van der Waals surface area contributed by atoms with Crippen LogP contribution in [0.3, 0.4) is 0 Å². The van der Waals surface area contributed by atoms with E-state index in [1.807, 2.05) is 0 Å². The van der Waals surface area contributed by atoms with Crippen molar-refractivity contribution in [2.45, 2.75) is 25.2 Å². The molecule has 1 N–H and O–H groups in total. The molecule has 3 fully saturated rings. The van der Waals surface area contributed by atoms with Gasteiger partial charge in [-0.05, 0) is 56.1 Å². The monoisotopic (exact) mass is 380 g/mol. The van der Waals surface area contributed by atoms with E-state index < -0.39 is 6.36 Å². The molecule has 1 aromatic carbocycles. The lowest BCUT2D eigenvalue weighted by Crippen LogP contribution is -2.57. The van der Waals surface area contributed by atoms with E-state index in [1.54, 1.807) is 12.1 Å². The van der Waals surface area contributed by atoms with Crippen molar-refractivity contribution < 1.29 is 27.1 Å². The van der Waals surface area contributed by atoms with Crippen LogP contribution in [0.2, 0.25) is 0 Å². The Bertz CT molecular complexity index is 826. The van der Waals surface area contributed by atoms with Crippen molar-refractivity contribution in [3.05, 3.63) is 42.2 Å². The van der Waals surface area contributed by atoms with Crippen molar-refractivity contribution >= 4 is 5.91 Å². The van der Waals surface area contributed by atoms with Crippen LogP contribution in [0, 0.1) is 5.92 Å². The number of hydrogen-bond donors (Lipinski definition) is 1. The van der Waals surface area contributed by atoms with Gasteiger partial charge in [0.15, 0.2) is 5.76 Å². The molecule has 5 nitrogen and oxygen atoms in total. The second kappa shape index (κ2) is 6.92. The molecule has 0 spiro atoms. The van der Waals surface area contributed by atoms with E-state index in [4.69, 9.17) is 4.42 Å². The molecule has 144 valence electrons. The van der Waals surface area contributed by atoms with Gasteiger partial charge in [-0.25, -0.2) is 0 Å². The topological polar surface area (TPSA) is 54.7 Å². The molecular formula is C19H19F3N2O3. The molecule has 1 aromatic heterocycles. The first-order valence-electron chi connectivity index (χ1n) is 8.87. The Hall–Kier alpha value is -2.48. The molecule has 2 aromatic rings. The molecule has 8 heteroatoms. The molecule has 0 saturated carbocycles. The van der Waals surface area contributed by atoms with Gasteiger partial charge in [-0.2, -0.15) is 0 Å². The number of furan rings is 1. The van der Waals surface area contributed by atoms with Crippen molar-refractivity contribution in [2.75, 3.05) is 19.6 Å². The third-order valence-corrected chi connectivity index (χ3v) is 5.15. The van der Waals surface area contributed by atoms with E-state index >= 15 is 0 Å². The van der Waals surface area contributed by atoms with E-state index in [2.05, 4.69) is 15.0 Å². The van der Waals surface area contributed by atoms with Crippen LogP contribution in [-0.4, -0.2) is 42.8 Å². The van der Waals surface area contributed by atoms with Gasteiger partial charge in [0, 0.05) is 18.2 Å². The normalized spacial score (nSPS) is 24.6. The predicted molar refractivity (Wildman–Crippen MR) is 91.2 cm³/mol. The maximum absolute atomic E-state index is 12.5. The number of carbonyl (C=O) groups excluding carboxylic acids is 1. The highest BCUT2D eigenvalue weighted by molar-refractivity contribution is 5.92. The molecule has 3 saturated heterocycles. The summed E-state index contributed by atoms with van der Waals surface area (Å²) in [5.74, 6) is 0.298. The molecule has 1 atom stereocenters. The minimum absolute atomic E-state index is 0.108. The first-order valence-corrected chi connectivity index (χ1v) is 8.87. The molecule has 5 rings (SSSR count). The summed E-state index contributed by atoms with van der Waals surface area (Å²) in [5, 5.41) is 3.03. The number of fused-ring (bicyclic) bond motifs is 3. The Kier molecular flexibility index (Phi) is 4.59. The maximum atomic E-state index is 12.5. The van der Waals surface area contributed by atoms with Crippen molar-refractivity contribution in [1.29, 1.82) is 0 Å². The van der Waals surface area contributed by atoms with Crippen molar-refractivity contribution in [1.82, 2.24) is 10.2 Å². The van der Waals surface area contributed by atoms with Crippen LogP contribution >= 0.6 is 0 Å². The van der Waals surface area contributed by atoms with E-state index in [0.717, 1.165) is 32.5 Å². The Morgan fingerprint density at radius 3 is 2.63 bits per heavy atom. The summed E-state index contributed by atoms with van der Waals surface area (Å²) >= 11 is 0. The molecule has 4 heterocycles. The number of alkyl halides is 3. The molecule has 2 bridgehead atoms. The van der Waals surface area contributed by atoms with Crippen LogP contribution in [0.4, 0.5) is 13.2 Å². The van der Waals surface area contributed by atoms with Gasteiger partial charge in [0.2, 0.25) is 0 Å². The highest BCUT2D eigenvalue weighted by atomic mass is 19.4. The zero-order valence-electron chi connectivity index (χ0n) is 14.5. The lowest BCUT2D eigenvalue weighted by atomic mass is 9.84. The zero-order chi connectivity index (χ0) is 19.0. The standard InChI is InChI=1S/C19H19F3N2O3/c20-19(21,22)27-14-3-1-2-13(10-14)16-4-5-17(26-16)18(25)23-15-11-24-8-6-12(15)7-9-24/h1-5,10,12,15H,6-9,11H2,(H,23,25).